The highest BCUT2D eigenvalue weighted by molar-refractivity contribution is 9.10. The maximum absolute atomic E-state index is 11.7. The number of nitrogens with one attached hydrogen (secondary N) is 1. The first-order valence-corrected chi connectivity index (χ1v) is 6.14. The van der Waals surface area contributed by atoms with Crippen LogP contribution < -0.4 is 5.32 Å². The Hall–Kier alpha value is -1.43. The third-order valence-electron chi connectivity index (χ3n) is 2.49. The first-order chi connectivity index (χ1) is 8.15. The molecule has 0 spiro atoms. The van der Waals surface area contributed by atoms with Crippen molar-refractivity contribution in [3.8, 4) is 0 Å². The topological polar surface area (TPSA) is 62.3 Å². The van der Waals surface area contributed by atoms with Gasteiger partial charge in [-0.15, -0.1) is 0 Å². The molecule has 0 saturated carbocycles. The number of pyridine rings is 1. The van der Waals surface area contributed by atoms with Gasteiger partial charge in [0.25, 0.3) is 0 Å². The average Bonchev–Trinajstić information content (AvgIpc) is 2.64. The van der Waals surface area contributed by atoms with Crippen LogP contribution in [0.25, 0.3) is 0 Å². The third kappa shape index (κ3) is 3.26. The smallest absolute Gasteiger partial charge is 0.245 e. The Morgan fingerprint density at radius 2 is 2.35 bits per heavy atom. The summed E-state index contributed by atoms with van der Waals surface area (Å²) in [5.41, 5.74) is 0. The first-order valence-electron chi connectivity index (χ1n) is 5.35. The molecule has 6 heteroatoms. The summed E-state index contributed by atoms with van der Waals surface area (Å²) in [4.78, 5) is 28.7. The lowest BCUT2D eigenvalue weighted by Gasteiger charge is -2.14. The number of carbonyl (C=O) groups excluding carboxylic acids is 2. The number of nitrogens with zero attached hydrogens (tertiary/aromatic N) is 2. The second-order valence-electron chi connectivity index (χ2n) is 3.81. The van der Waals surface area contributed by atoms with E-state index in [4.69, 9.17) is 0 Å². The molecule has 0 radical (unpaired) electrons. The predicted octanol–water partition coefficient (Wildman–Crippen LogP) is 1.41. The molecule has 90 valence electrons. The molecule has 1 aromatic heterocycles. The number of hydrogen-bond acceptors (Lipinski definition) is 3. The van der Waals surface area contributed by atoms with Gasteiger partial charge in [0.2, 0.25) is 11.8 Å². The lowest BCUT2D eigenvalue weighted by atomic mass is 10.4. The van der Waals surface area contributed by atoms with Gasteiger partial charge in [-0.2, -0.15) is 0 Å². The Balaban J connectivity index is 1.91. The maximum Gasteiger partial charge on any atom is 0.245 e. The zero-order chi connectivity index (χ0) is 12.3. The van der Waals surface area contributed by atoms with Gasteiger partial charge >= 0.3 is 0 Å². The van der Waals surface area contributed by atoms with Crippen molar-refractivity contribution in [2.45, 2.75) is 12.8 Å². The van der Waals surface area contributed by atoms with Crippen molar-refractivity contribution in [3.63, 3.8) is 0 Å². The normalized spacial score (nSPS) is 15.1. The second-order valence-corrected chi connectivity index (χ2v) is 4.63. The van der Waals surface area contributed by atoms with E-state index < -0.39 is 0 Å². The van der Waals surface area contributed by atoms with E-state index in [1.165, 1.54) is 0 Å². The third-order valence-corrected chi connectivity index (χ3v) is 2.93. The average molecular weight is 298 g/mol. The molecule has 5 nitrogen and oxygen atoms in total. The quantitative estimate of drug-likeness (QED) is 0.858. The molecule has 2 amide bonds. The van der Waals surface area contributed by atoms with E-state index in [1.807, 2.05) is 0 Å². The highest BCUT2D eigenvalue weighted by Crippen LogP contribution is 2.11. The molecule has 1 aromatic rings. The Kier molecular flexibility index (Phi) is 3.73. The van der Waals surface area contributed by atoms with Crippen LogP contribution in [0.3, 0.4) is 0 Å². The number of aromatic nitrogens is 1. The second kappa shape index (κ2) is 5.27. The van der Waals surface area contributed by atoms with Crippen molar-refractivity contribution in [2.24, 2.45) is 0 Å². The van der Waals surface area contributed by atoms with E-state index in [0.29, 0.717) is 23.4 Å². The Bertz CT molecular complexity index is 450. The summed E-state index contributed by atoms with van der Waals surface area (Å²) in [6.07, 6.45) is 1.38. The van der Waals surface area contributed by atoms with Gasteiger partial charge in [-0.05, 0) is 34.5 Å². The summed E-state index contributed by atoms with van der Waals surface area (Å²) in [5, 5.41) is 2.66. The molecule has 1 N–H and O–H groups in total. The zero-order valence-electron chi connectivity index (χ0n) is 9.15. The highest BCUT2D eigenvalue weighted by Gasteiger charge is 2.22. The summed E-state index contributed by atoms with van der Waals surface area (Å²) in [5.74, 6) is 0.309. The minimum Gasteiger partial charge on any atom is -0.333 e. The van der Waals surface area contributed by atoms with Crippen molar-refractivity contribution in [2.75, 3.05) is 18.4 Å². The highest BCUT2D eigenvalue weighted by atomic mass is 79.9. The molecule has 0 atom stereocenters. The van der Waals surface area contributed by atoms with Crippen LogP contribution in [0.4, 0.5) is 5.82 Å². The van der Waals surface area contributed by atoms with E-state index in [2.05, 4.69) is 26.2 Å². The fourth-order valence-corrected chi connectivity index (χ4v) is 2.05. The lowest BCUT2D eigenvalue weighted by molar-refractivity contribution is -0.131. The van der Waals surface area contributed by atoms with Crippen molar-refractivity contribution in [3.05, 3.63) is 22.8 Å². The van der Waals surface area contributed by atoms with Gasteiger partial charge in [-0.3, -0.25) is 9.59 Å². The Morgan fingerprint density at radius 3 is 3.00 bits per heavy atom. The number of hydrogen-bond donors (Lipinski definition) is 1. The predicted molar refractivity (Wildman–Crippen MR) is 66.4 cm³/mol. The number of rotatable bonds is 3. The maximum atomic E-state index is 11.7. The fourth-order valence-electron chi connectivity index (χ4n) is 1.70. The molecule has 2 heterocycles. The molecule has 1 aliphatic heterocycles. The molecule has 0 aliphatic carbocycles. The van der Waals surface area contributed by atoms with Crippen LogP contribution in [0.1, 0.15) is 12.8 Å². The van der Waals surface area contributed by atoms with Gasteiger partial charge in [0, 0.05) is 13.0 Å². The van der Waals surface area contributed by atoms with Crippen molar-refractivity contribution in [1.82, 2.24) is 9.88 Å². The van der Waals surface area contributed by atoms with Crippen LogP contribution >= 0.6 is 15.9 Å². The lowest BCUT2D eigenvalue weighted by Crippen LogP contribution is -2.34. The minimum atomic E-state index is -0.217. The van der Waals surface area contributed by atoms with E-state index in [-0.39, 0.29) is 18.4 Å². The van der Waals surface area contributed by atoms with Gasteiger partial charge in [-0.25, -0.2) is 4.98 Å². The molecule has 17 heavy (non-hydrogen) atoms. The summed E-state index contributed by atoms with van der Waals surface area (Å²) in [7, 11) is 0. The molecular formula is C11H12BrN3O2. The molecule has 1 aliphatic rings. The standard InChI is InChI=1S/C11H12BrN3O2/c12-8-3-1-4-9(13-8)14-10(16)7-15-6-2-5-11(15)17/h1,3-4H,2,5-7H2,(H,13,14,16). The van der Waals surface area contributed by atoms with E-state index >= 15 is 0 Å². The summed E-state index contributed by atoms with van der Waals surface area (Å²) in [6, 6.07) is 5.27. The minimum absolute atomic E-state index is 0.0438. The largest absolute Gasteiger partial charge is 0.333 e. The van der Waals surface area contributed by atoms with Crippen LogP contribution in [0.2, 0.25) is 0 Å². The summed E-state index contributed by atoms with van der Waals surface area (Å²) in [6.45, 7) is 0.769. The molecule has 0 bridgehead atoms. The summed E-state index contributed by atoms with van der Waals surface area (Å²) >= 11 is 3.22. The number of anilines is 1. The van der Waals surface area contributed by atoms with Gasteiger partial charge in [-0.1, -0.05) is 6.07 Å². The van der Waals surface area contributed by atoms with Crippen LogP contribution in [0.5, 0.6) is 0 Å². The van der Waals surface area contributed by atoms with Crippen molar-refractivity contribution >= 4 is 33.6 Å². The van der Waals surface area contributed by atoms with Crippen molar-refractivity contribution in [1.29, 1.82) is 0 Å². The van der Waals surface area contributed by atoms with Gasteiger partial charge in [0.1, 0.15) is 10.4 Å². The number of likely N-dealkylation sites (tertiary alicyclic amines) is 1. The van der Waals surface area contributed by atoms with Crippen molar-refractivity contribution < 1.29 is 9.59 Å². The van der Waals surface area contributed by atoms with Crippen LogP contribution in [-0.2, 0) is 9.59 Å². The molecule has 1 saturated heterocycles. The molecule has 0 aromatic carbocycles. The van der Waals surface area contributed by atoms with Gasteiger partial charge in [0.05, 0.1) is 6.54 Å². The van der Waals surface area contributed by atoms with Crippen LogP contribution in [0.15, 0.2) is 22.8 Å². The number of amides is 2. The Morgan fingerprint density at radius 1 is 1.53 bits per heavy atom. The van der Waals surface area contributed by atoms with E-state index in [0.717, 1.165) is 6.42 Å². The number of halogens is 1. The van der Waals surface area contributed by atoms with E-state index in [1.54, 1.807) is 23.1 Å². The van der Waals surface area contributed by atoms with Crippen LogP contribution in [0, 0.1) is 0 Å². The fraction of sp³-hybridized carbons (Fsp3) is 0.364. The molecular weight excluding hydrogens is 286 g/mol. The van der Waals surface area contributed by atoms with Crippen LogP contribution in [-0.4, -0.2) is 34.8 Å². The summed E-state index contributed by atoms with van der Waals surface area (Å²) < 4.78 is 0.660. The molecule has 1 fully saturated rings. The number of carbonyl (C=O) groups is 2. The van der Waals surface area contributed by atoms with E-state index in [9.17, 15) is 9.59 Å². The van der Waals surface area contributed by atoms with Gasteiger partial charge in [0.15, 0.2) is 0 Å². The molecule has 2 rings (SSSR count). The van der Waals surface area contributed by atoms with Gasteiger partial charge < -0.3 is 10.2 Å². The SMILES string of the molecule is O=C(CN1CCCC1=O)Nc1cccc(Br)n1. The molecule has 0 unspecified atom stereocenters. The monoisotopic (exact) mass is 297 g/mol. The Labute approximate surface area is 107 Å². The first kappa shape index (κ1) is 12.0. The zero-order valence-corrected chi connectivity index (χ0v) is 10.7.